The third-order valence-electron chi connectivity index (χ3n) is 2.66. The number of rotatable bonds is 3. The Balaban J connectivity index is 2.06. The molecule has 1 N–H and O–H groups in total. The van der Waals surface area contributed by atoms with Gasteiger partial charge in [-0.3, -0.25) is 0 Å². The smallest absolute Gasteiger partial charge is 0.338 e. The molecule has 0 saturated carbocycles. The molecule has 0 aliphatic carbocycles. The van der Waals surface area contributed by atoms with E-state index in [2.05, 4.69) is 0 Å². The standard InChI is InChI=1S/C15H14O3/c1-11(12-7-9-14(16)10-8-12)18-15(17)13-5-3-2-4-6-13/h2-11,16H,1H3. The highest BCUT2D eigenvalue weighted by atomic mass is 16.5. The fourth-order valence-electron chi connectivity index (χ4n) is 1.62. The van der Waals surface area contributed by atoms with E-state index in [0.29, 0.717) is 5.56 Å². The molecule has 0 amide bonds. The summed E-state index contributed by atoms with van der Waals surface area (Å²) >= 11 is 0. The highest BCUT2D eigenvalue weighted by Crippen LogP contribution is 2.20. The summed E-state index contributed by atoms with van der Waals surface area (Å²) < 4.78 is 5.34. The van der Waals surface area contributed by atoms with Crippen LogP contribution in [0.2, 0.25) is 0 Å². The molecule has 92 valence electrons. The van der Waals surface area contributed by atoms with Crippen LogP contribution >= 0.6 is 0 Å². The Kier molecular flexibility index (Phi) is 3.63. The molecular weight excluding hydrogens is 228 g/mol. The first kappa shape index (κ1) is 12.2. The summed E-state index contributed by atoms with van der Waals surface area (Å²) in [6.45, 7) is 1.80. The van der Waals surface area contributed by atoms with Gasteiger partial charge in [0, 0.05) is 0 Å². The zero-order chi connectivity index (χ0) is 13.0. The molecule has 1 unspecified atom stereocenters. The van der Waals surface area contributed by atoms with Crippen molar-refractivity contribution in [2.75, 3.05) is 0 Å². The molecule has 0 bridgehead atoms. The number of ether oxygens (including phenoxy) is 1. The van der Waals surface area contributed by atoms with E-state index in [0.717, 1.165) is 5.56 Å². The van der Waals surface area contributed by atoms with Crippen LogP contribution in [0.25, 0.3) is 0 Å². The average Bonchev–Trinajstić information content (AvgIpc) is 2.40. The first-order valence-electron chi connectivity index (χ1n) is 5.72. The fraction of sp³-hybridized carbons (Fsp3) is 0.133. The van der Waals surface area contributed by atoms with E-state index in [-0.39, 0.29) is 17.8 Å². The fourth-order valence-corrected chi connectivity index (χ4v) is 1.62. The van der Waals surface area contributed by atoms with Crippen LogP contribution in [0.1, 0.15) is 28.9 Å². The second kappa shape index (κ2) is 5.36. The minimum Gasteiger partial charge on any atom is -0.508 e. The van der Waals surface area contributed by atoms with Crippen molar-refractivity contribution in [3.8, 4) is 5.75 Å². The molecule has 0 spiro atoms. The molecule has 0 aromatic heterocycles. The van der Waals surface area contributed by atoms with Gasteiger partial charge < -0.3 is 9.84 Å². The van der Waals surface area contributed by atoms with Crippen molar-refractivity contribution in [1.82, 2.24) is 0 Å². The third kappa shape index (κ3) is 2.88. The van der Waals surface area contributed by atoms with Crippen molar-refractivity contribution < 1.29 is 14.6 Å². The molecular formula is C15H14O3. The summed E-state index contributed by atoms with van der Waals surface area (Å²) in [5.41, 5.74) is 1.38. The highest BCUT2D eigenvalue weighted by Gasteiger charge is 2.13. The van der Waals surface area contributed by atoms with Crippen LogP contribution in [0.4, 0.5) is 0 Å². The highest BCUT2D eigenvalue weighted by molar-refractivity contribution is 5.89. The number of aromatic hydroxyl groups is 1. The van der Waals surface area contributed by atoms with E-state index >= 15 is 0 Å². The maximum absolute atomic E-state index is 11.8. The Morgan fingerprint density at radius 3 is 2.28 bits per heavy atom. The molecule has 1 atom stereocenters. The molecule has 2 aromatic rings. The maximum atomic E-state index is 11.8. The second-order valence-electron chi connectivity index (χ2n) is 4.01. The Bertz CT molecular complexity index is 517. The van der Waals surface area contributed by atoms with Crippen molar-refractivity contribution in [1.29, 1.82) is 0 Å². The summed E-state index contributed by atoms with van der Waals surface area (Å²) in [5, 5.41) is 9.19. The number of phenolic OH excluding ortho intramolecular Hbond substituents is 1. The quantitative estimate of drug-likeness (QED) is 0.840. The van der Waals surface area contributed by atoms with Gasteiger partial charge in [0.25, 0.3) is 0 Å². The normalized spacial score (nSPS) is 11.8. The van der Waals surface area contributed by atoms with Gasteiger partial charge in [-0.1, -0.05) is 30.3 Å². The van der Waals surface area contributed by atoms with Gasteiger partial charge in [-0.25, -0.2) is 4.79 Å². The van der Waals surface area contributed by atoms with Crippen LogP contribution < -0.4 is 0 Å². The van der Waals surface area contributed by atoms with E-state index in [4.69, 9.17) is 4.74 Å². The van der Waals surface area contributed by atoms with Gasteiger partial charge in [0.2, 0.25) is 0 Å². The van der Waals surface area contributed by atoms with Gasteiger partial charge in [-0.15, -0.1) is 0 Å². The van der Waals surface area contributed by atoms with Crippen LogP contribution in [0.3, 0.4) is 0 Å². The molecule has 0 fully saturated rings. The van der Waals surface area contributed by atoms with Crippen LogP contribution in [0.5, 0.6) is 5.75 Å². The number of hydrogen-bond acceptors (Lipinski definition) is 3. The van der Waals surface area contributed by atoms with Crippen molar-refractivity contribution in [2.24, 2.45) is 0 Å². The van der Waals surface area contributed by atoms with Gasteiger partial charge in [0.1, 0.15) is 11.9 Å². The van der Waals surface area contributed by atoms with E-state index in [1.54, 1.807) is 55.5 Å². The molecule has 2 aromatic carbocycles. The predicted octanol–water partition coefficient (Wildman–Crippen LogP) is 3.31. The number of benzene rings is 2. The van der Waals surface area contributed by atoms with Crippen LogP contribution in [-0.2, 0) is 4.74 Å². The minimum atomic E-state index is -0.351. The number of esters is 1. The number of carbonyl (C=O) groups excluding carboxylic acids is 1. The first-order chi connectivity index (χ1) is 8.66. The minimum absolute atomic E-state index is 0.195. The van der Waals surface area contributed by atoms with Gasteiger partial charge in [0.15, 0.2) is 0 Å². The largest absolute Gasteiger partial charge is 0.508 e. The van der Waals surface area contributed by atoms with Crippen molar-refractivity contribution >= 4 is 5.97 Å². The summed E-state index contributed by atoms with van der Waals surface area (Å²) in [4.78, 5) is 11.8. The van der Waals surface area contributed by atoms with E-state index in [1.165, 1.54) is 0 Å². The lowest BCUT2D eigenvalue weighted by Gasteiger charge is -2.13. The predicted molar refractivity (Wildman–Crippen MR) is 68.4 cm³/mol. The zero-order valence-electron chi connectivity index (χ0n) is 10.0. The molecule has 3 nitrogen and oxygen atoms in total. The van der Waals surface area contributed by atoms with Crippen molar-refractivity contribution in [3.63, 3.8) is 0 Å². The van der Waals surface area contributed by atoms with E-state index < -0.39 is 0 Å². The number of phenols is 1. The van der Waals surface area contributed by atoms with E-state index in [1.807, 2.05) is 6.07 Å². The Morgan fingerprint density at radius 2 is 1.67 bits per heavy atom. The summed E-state index contributed by atoms with van der Waals surface area (Å²) in [6.07, 6.45) is -0.349. The molecule has 0 heterocycles. The van der Waals surface area contributed by atoms with Crippen LogP contribution in [0, 0.1) is 0 Å². The second-order valence-corrected chi connectivity index (χ2v) is 4.01. The van der Waals surface area contributed by atoms with Gasteiger partial charge in [-0.2, -0.15) is 0 Å². The molecule has 0 saturated heterocycles. The van der Waals surface area contributed by atoms with E-state index in [9.17, 15) is 9.90 Å². The molecule has 18 heavy (non-hydrogen) atoms. The SMILES string of the molecule is CC(OC(=O)c1ccccc1)c1ccc(O)cc1. The van der Waals surface area contributed by atoms with Crippen LogP contribution in [0.15, 0.2) is 54.6 Å². The van der Waals surface area contributed by atoms with Crippen LogP contribution in [-0.4, -0.2) is 11.1 Å². The first-order valence-corrected chi connectivity index (χ1v) is 5.72. The summed E-state index contributed by atoms with van der Waals surface area (Å²) in [5.74, 6) is -0.156. The van der Waals surface area contributed by atoms with Gasteiger partial charge in [-0.05, 0) is 36.8 Å². The number of hydrogen-bond donors (Lipinski definition) is 1. The maximum Gasteiger partial charge on any atom is 0.338 e. The lowest BCUT2D eigenvalue weighted by atomic mass is 10.1. The molecule has 0 aliphatic rings. The molecule has 0 radical (unpaired) electrons. The monoisotopic (exact) mass is 242 g/mol. The Labute approximate surface area is 106 Å². The Hall–Kier alpha value is -2.29. The average molecular weight is 242 g/mol. The number of carbonyl (C=O) groups is 1. The molecule has 0 aliphatic heterocycles. The van der Waals surface area contributed by atoms with Gasteiger partial charge >= 0.3 is 5.97 Å². The lowest BCUT2D eigenvalue weighted by Crippen LogP contribution is -2.08. The summed E-state index contributed by atoms with van der Waals surface area (Å²) in [6, 6.07) is 15.5. The molecule has 2 rings (SSSR count). The Morgan fingerprint density at radius 1 is 1.06 bits per heavy atom. The molecule has 3 heteroatoms. The summed E-state index contributed by atoms with van der Waals surface area (Å²) in [7, 11) is 0. The lowest BCUT2D eigenvalue weighted by molar-refractivity contribution is 0.0338. The van der Waals surface area contributed by atoms with Gasteiger partial charge in [0.05, 0.1) is 5.56 Å². The topological polar surface area (TPSA) is 46.5 Å². The zero-order valence-corrected chi connectivity index (χ0v) is 10.0. The third-order valence-corrected chi connectivity index (χ3v) is 2.66. The van der Waals surface area contributed by atoms with Crippen molar-refractivity contribution in [2.45, 2.75) is 13.0 Å². The van der Waals surface area contributed by atoms with Crippen molar-refractivity contribution in [3.05, 3.63) is 65.7 Å².